The number of halogens is 2. The van der Waals surface area contributed by atoms with Crippen LogP contribution in [0.5, 0.6) is 0 Å². The molecule has 1 saturated heterocycles. The van der Waals surface area contributed by atoms with E-state index >= 15 is 0 Å². The molecule has 2 aliphatic heterocycles. The van der Waals surface area contributed by atoms with E-state index in [1.807, 2.05) is 6.07 Å². The number of nitrogens with one attached hydrogen (secondary N) is 1. The van der Waals surface area contributed by atoms with E-state index < -0.39 is 12.7 Å². The Balaban J connectivity index is 1.35. The van der Waals surface area contributed by atoms with Crippen LogP contribution in [0.1, 0.15) is 34.5 Å². The van der Waals surface area contributed by atoms with Crippen molar-refractivity contribution < 1.29 is 23.1 Å². The number of nitrogens with zero attached hydrogens (tertiary/aromatic N) is 5. The summed E-state index contributed by atoms with van der Waals surface area (Å²) in [5, 5.41) is 11.0. The summed E-state index contributed by atoms with van der Waals surface area (Å²) >= 11 is 0. The van der Waals surface area contributed by atoms with Crippen molar-refractivity contribution in [2.24, 2.45) is 0 Å². The quantitative estimate of drug-likeness (QED) is 0.600. The predicted octanol–water partition coefficient (Wildman–Crippen LogP) is 2.82. The number of hydrogen-bond acceptors (Lipinski definition) is 6. The first-order chi connectivity index (χ1) is 16.4. The molecular weight excluding hydrogens is 446 g/mol. The molecule has 2 aliphatic rings. The Morgan fingerprint density at radius 2 is 2.09 bits per heavy atom. The number of amides is 2. The van der Waals surface area contributed by atoms with Gasteiger partial charge in [-0.15, -0.1) is 5.10 Å². The second-order valence-electron chi connectivity index (χ2n) is 8.06. The summed E-state index contributed by atoms with van der Waals surface area (Å²) in [6.45, 7) is 0.910. The van der Waals surface area contributed by atoms with Crippen LogP contribution in [0.15, 0.2) is 54.9 Å². The fourth-order valence-electron chi connectivity index (χ4n) is 4.15. The second-order valence-corrected chi connectivity index (χ2v) is 8.06. The molecule has 2 aromatic heterocycles. The molecule has 0 spiro atoms. The second kappa shape index (κ2) is 8.75. The van der Waals surface area contributed by atoms with E-state index in [2.05, 4.69) is 31.9 Å². The fraction of sp³-hybridized carbons (Fsp3) is 0.261. The minimum absolute atomic E-state index is 0.176. The lowest BCUT2D eigenvalue weighted by molar-refractivity contribution is -0.138. The number of fused-ring (bicyclic) bond motifs is 1. The van der Waals surface area contributed by atoms with Gasteiger partial charge in [-0.3, -0.25) is 9.59 Å². The Labute approximate surface area is 193 Å². The molecule has 1 unspecified atom stereocenters. The van der Waals surface area contributed by atoms with E-state index in [4.69, 9.17) is 0 Å². The number of alkyl halides is 2. The third kappa shape index (κ3) is 4.17. The van der Waals surface area contributed by atoms with Gasteiger partial charge in [-0.05, 0) is 42.7 Å². The first kappa shape index (κ1) is 21.8. The van der Waals surface area contributed by atoms with Gasteiger partial charge in [0.15, 0.2) is 5.82 Å². The van der Waals surface area contributed by atoms with Crippen molar-refractivity contribution in [2.45, 2.75) is 38.6 Å². The zero-order valence-corrected chi connectivity index (χ0v) is 17.9. The third-order valence-corrected chi connectivity index (χ3v) is 5.81. The minimum atomic E-state index is -2.88. The Hall–Kier alpha value is -3.99. The number of piperidine rings is 1. The lowest BCUT2D eigenvalue weighted by Crippen LogP contribution is -2.49. The maximum absolute atomic E-state index is 12.9. The third-order valence-electron chi connectivity index (χ3n) is 5.81. The molecule has 9 nitrogen and oxygen atoms in total. The molecule has 4 heterocycles. The van der Waals surface area contributed by atoms with E-state index in [-0.39, 0.29) is 18.4 Å². The van der Waals surface area contributed by atoms with Gasteiger partial charge in [-0.25, -0.2) is 9.67 Å². The van der Waals surface area contributed by atoms with Gasteiger partial charge in [0.2, 0.25) is 5.91 Å². The van der Waals surface area contributed by atoms with Crippen LogP contribution in [-0.2, 0) is 22.7 Å². The Morgan fingerprint density at radius 3 is 2.88 bits per heavy atom. The highest BCUT2D eigenvalue weighted by Crippen LogP contribution is 2.31. The summed E-state index contributed by atoms with van der Waals surface area (Å²) < 4.78 is 30.3. The van der Waals surface area contributed by atoms with Gasteiger partial charge in [-0.1, -0.05) is 23.9 Å². The zero-order chi connectivity index (χ0) is 23.8. The molecule has 0 saturated carbocycles. The van der Waals surface area contributed by atoms with E-state index in [0.717, 1.165) is 11.1 Å². The molecule has 1 fully saturated rings. The normalized spacial score (nSPS) is 17.9. The molecule has 0 bridgehead atoms. The average Bonchev–Trinajstić information content (AvgIpc) is 3.43. The zero-order valence-electron chi connectivity index (χ0n) is 17.9. The number of pyridine rings is 1. The first-order valence-electron chi connectivity index (χ1n) is 10.6. The van der Waals surface area contributed by atoms with Crippen LogP contribution in [0.2, 0.25) is 0 Å². The smallest absolute Gasteiger partial charge is 0.329 e. The van der Waals surface area contributed by atoms with Crippen molar-refractivity contribution in [3.8, 4) is 17.1 Å². The summed E-state index contributed by atoms with van der Waals surface area (Å²) in [5.41, 5.74) is 3.66. The number of hydrogen-bond donors (Lipinski definition) is 1. The summed E-state index contributed by atoms with van der Waals surface area (Å²) in [7, 11) is 0. The number of ether oxygens (including phenoxy) is 1. The van der Waals surface area contributed by atoms with Crippen LogP contribution in [0.3, 0.4) is 0 Å². The number of carbonyl (C=O) groups excluding carboxylic acids is 2. The molecule has 34 heavy (non-hydrogen) atoms. The van der Waals surface area contributed by atoms with Crippen LogP contribution in [0.25, 0.3) is 17.1 Å². The van der Waals surface area contributed by atoms with E-state index in [9.17, 15) is 18.4 Å². The number of benzene rings is 1. The van der Waals surface area contributed by atoms with Crippen molar-refractivity contribution in [1.29, 1.82) is 0 Å². The van der Waals surface area contributed by atoms with Crippen molar-refractivity contribution in [3.63, 3.8) is 0 Å². The van der Waals surface area contributed by atoms with E-state index in [0.29, 0.717) is 47.9 Å². The summed E-state index contributed by atoms with van der Waals surface area (Å²) in [4.78, 5) is 31.1. The largest absolute Gasteiger partial charge is 0.345 e. The van der Waals surface area contributed by atoms with Gasteiger partial charge >= 0.3 is 6.61 Å². The highest BCUT2D eigenvalue weighted by Gasteiger charge is 2.38. The molecule has 0 radical (unpaired) electrons. The van der Waals surface area contributed by atoms with Crippen LogP contribution in [-0.4, -0.2) is 49.3 Å². The van der Waals surface area contributed by atoms with Gasteiger partial charge < -0.3 is 15.0 Å². The van der Waals surface area contributed by atoms with Gasteiger partial charge in [0.1, 0.15) is 11.7 Å². The van der Waals surface area contributed by atoms with Crippen molar-refractivity contribution >= 4 is 11.8 Å². The standard InChI is InChI=1S/C23H20F2N6O3/c1-13-5-8-19(21(32)26-13)30-10-15-9-14(6-7-17(15)22(30)33)18-11-31(29-28-18)20-4-2-3-16(27-20)12-34-23(24)25/h2-4,6-7,9,11,19,23H,1,5,8,10,12H2,(H,26,32). The minimum Gasteiger partial charge on any atom is -0.329 e. The van der Waals surface area contributed by atoms with Crippen molar-refractivity contribution in [3.05, 3.63) is 71.7 Å². The number of aromatic nitrogens is 4. The average molecular weight is 466 g/mol. The molecule has 1 aromatic carbocycles. The van der Waals surface area contributed by atoms with Crippen LogP contribution in [0.4, 0.5) is 8.78 Å². The Bertz CT molecular complexity index is 1290. The molecule has 1 atom stereocenters. The number of carbonyl (C=O) groups is 2. The molecule has 174 valence electrons. The molecule has 1 N–H and O–H groups in total. The molecule has 3 aromatic rings. The van der Waals surface area contributed by atoms with Crippen LogP contribution in [0, 0.1) is 0 Å². The monoisotopic (exact) mass is 466 g/mol. The van der Waals surface area contributed by atoms with Crippen LogP contribution < -0.4 is 5.32 Å². The summed E-state index contributed by atoms with van der Waals surface area (Å²) in [6, 6.07) is 9.76. The lowest BCUT2D eigenvalue weighted by Gasteiger charge is -2.30. The van der Waals surface area contributed by atoms with Crippen molar-refractivity contribution in [2.75, 3.05) is 0 Å². The highest BCUT2D eigenvalue weighted by atomic mass is 19.3. The maximum atomic E-state index is 12.9. The maximum Gasteiger partial charge on any atom is 0.345 e. The Kier molecular flexibility index (Phi) is 5.62. The number of allylic oxidation sites excluding steroid dienone is 1. The molecule has 5 rings (SSSR count). The fourth-order valence-corrected chi connectivity index (χ4v) is 4.15. The predicted molar refractivity (Wildman–Crippen MR) is 116 cm³/mol. The molecule has 2 amide bonds. The topological polar surface area (TPSA) is 102 Å². The first-order valence-corrected chi connectivity index (χ1v) is 10.6. The van der Waals surface area contributed by atoms with Gasteiger partial charge in [0.05, 0.1) is 18.5 Å². The summed E-state index contributed by atoms with van der Waals surface area (Å²) in [6.07, 6.45) is 2.84. The SMILES string of the molecule is C=C1CCC(N2Cc3cc(-c4cn(-c5cccc(COC(F)F)n5)nn4)ccc3C2=O)C(=O)N1. The van der Waals surface area contributed by atoms with Crippen molar-refractivity contribution in [1.82, 2.24) is 30.2 Å². The van der Waals surface area contributed by atoms with E-state index in [1.165, 1.54) is 4.68 Å². The van der Waals surface area contributed by atoms with Gasteiger partial charge in [0, 0.05) is 23.4 Å². The summed E-state index contributed by atoms with van der Waals surface area (Å²) in [5.74, 6) is 0.0145. The van der Waals surface area contributed by atoms with Crippen LogP contribution >= 0.6 is 0 Å². The number of rotatable bonds is 6. The Morgan fingerprint density at radius 1 is 1.24 bits per heavy atom. The lowest BCUT2D eigenvalue weighted by atomic mass is 10.0. The molecular formula is C23H20F2N6O3. The van der Waals surface area contributed by atoms with Gasteiger partial charge in [0.25, 0.3) is 5.91 Å². The van der Waals surface area contributed by atoms with E-state index in [1.54, 1.807) is 41.4 Å². The van der Waals surface area contributed by atoms with Gasteiger partial charge in [-0.2, -0.15) is 8.78 Å². The highest BCUT2D eigenvalue weighted by molar-refractivity contribution is 6.01. The molecule has 11 heteroatoms. The molecule has 0 aliphatic carbocycles.